The van der Waals surface area contributed by atoms with Crippen molar-refractivity contribution in [1.82, 2.24) is 0 Å². The van der Waals surface area contributed by atoms with Crippen LogP contribution in [0.2, 0.25) is 0 Å². The second-order valence-electron chi connectivity index (χ2n) is 8.67. The van der Waals surface area contributed by atoms with E-state index in [0.717, 1.165) is 27.6 Å². The summed E-state index contributed by atoms with van der Waals surface area (Å²) < 4.78 is 5.03. The van der Waals surface area contributed by atoms with E-state index >= 15 is 0 Å². The molecular weight excluding hydrogens is 466 g/mol. The molecule has 4 aromatic rings. The minimum Gasteiger partial charge on any atom is -0.457 e. The van der Waals surface area contributed by atoms with Crippen LogP contribution in [0.3, 0.4) is 0 Å². The number of hydrogen-bond acceptors (Lipinski definition) is 5. The molecule has 0 amide bonds. The van der Waals surface area contributed by atoms with E-state index in [1.807, 2.05) is 103 Å². The number of hydrogen-bond donors (Lipinski definition) is 0. The Hall–Kier alpha value is -4.58. The maximum atomic E-state index is 14.1. The lowest BCUT2D eigenvalue weighted by Gasteiger charge is -2.27. The van der Waals surface area contributed by atoms with Gasteiger partial charge in [0.25, 0.3) is 5.78 Å². The lowest BCUT2D eigenvalue weighted by molar-refractivity contribution is -0.142. The molecule has 7 heteroatoms. The lowest BCUT2D eigenvalue weighted by Crippen LogP contribution is -2.37. The number of carbonyl (C=O) groups excluding carboxylic acids is 2. The van der Waals surface area contributed by atoms with E-state index in [0.29, 0.717) is 0 Å². The molecule has 1 heterocycles. The highest BCUT2D eigenvalue weighted by Gasteiger charge is 2.54. The van der Waals surface area contributed by atoms with Crippen LogP contribution in [0.5, 0.6) is 0 Å². The van der Waals surface area contributed by atoms with E-state index in [9.17, 15) is 15.1 Å². The number of ketones is 1. The fraction of sp³-hybridized carbons (Fsp3) is 0.167. The van der Waals surface area contributed by atoms with Crippen molar-refractivity contribution in [1.29, 1.82) is 0 Å². The fourth-order valence-electron chi connectivity index (χ4n) is 4.93. The van der Waals surface area contributed by atoms with Crippen LogP contribution < -0.4 is 5.06 Å². The minimum atomic E-state index is -0.975. The number of Topliss-reactive ketones (excluding diaryl/α,β-unsaturated/α-hetero) is 1. The first-order valence-corrected chi connectivity index (χ1v) is 12.1. The number of hydroxylamine groups is 1. The van der Waals surface area contributed by atoms with Crippen molar-refractivity contribution in [2.24, 2.45) is 5.92 Å². The summed E-state index contributed by atoms with van der Waals surface area (Å²) in [5, 5.41) is 3.68. The predicted octanol–water partition coefficient (Wildman–Crippen LogP) is 5.49. The number of esters is 1. The maximum absolute atomic E-state index is 14.1. The average Bonchev–Trinajstić information content (AvgIpc) is 3.35. The van der Waals surface area contributed by atoms with Gasteiger partial charge < -0.3 is 10.3 Å². The molecule has 0 aliphatic carbocycles. The van der Waals surface area contributed by atoms with E-state index in [4.69, 9.17) is 9.57 Å². The van der Waals surface area contributed by atoms with E-state index in [-0.39, 0.29) is 6.61 Å². The lowest BCUT2D eigenvalue weighted by atomic mass is 9.80. The number of rotatable bonds is 7. The van der Waals surface area contributed by atoms with Crippen LogP contribution in [0.15, 0.2) is 103 Å². The van der Waals surface area contributed by atoms with Crippen molar-refractivity contribution in [3.8, 4) is 0 Å². The topological polar surface area (TPSA) is 92.2 Å². The molecule has 4 aromatic carbocycles. The molecule has 0 bridgehead atoms. The molecule has 5 rings (SSSR count). The van der Waals surface area contributed by atoms with Gasteiger partial charge in [-0.15, -0.1) is 0 Å². The number of fused-ring (bicyclic) bond motifs is 1. The Balaban J connectivity index is 1.74. The van der Waals surface area contributed by atoms with Gasteiger partial charge >= 0.3 is 11.7 Å². The van der Waals surface area contributed by atoms with Crippen LogP contribution in [-0.4, -0.2) is 28.9 Å². The van der Waals surface area contributed by atoms with Crippen LogP contribution in [0.4, 0.5) is 5.69 Å². The smallest absolute Gasteiger partial charge is 0.441 e. The zero-order chi connectivity index (χ0) is 25.8. The van der Waals surface area contributed by atoms with E-state index < -0.39 is 35.5 Å². The number of carbonyl (C=O) groups is 2. The molecule has 0 unspecified atom stereocenters. The molecule has 1 saturated heterocycles. The Bertz CT molecular complexity index is 1480. The zero-order valence-electron chi connectivity index (χ0n) is 20.2. The van der Waals surface area contributed by atoms with Crippen LogP contribution in [-0.2, 0) is 19.2 Å². The van der Waals surface area contributed by atoms with Gasteiger partial charge in [-0.05, 0) is 41.0 Å². The van der Waals surface area contributed by atoms with Crippen LogP contribution >= 0.6 is 0 Å². The first-order valence-electron chi connectivity index (χ1n) is 12.1. The standard InChI is InChI=1S/C30H25N3O4/c1-2-36-30(35)26(32-31)28(34)25-27(24-19-11-15-20-12-9-10-18-23(20)24)33(22-16-7-4-8-17-22)37-29(25)21-13-5-3-6-14-21/h3-19,25,27,29H,2H2,1H3/t25-,27+,29-/m1/s1. The highest BCUT2D eigenvalue weighted by atomic mass is 16.7. The Morgan fingerprint density at radius 3 is 2.24 bits per heavy atom. The quantitative estimate of drug-likeness (QED) is 0.112. The van der Waals surface area contributed by atoms with Crippen molar-refractivity contribution in [3.05, 3.63) is 120 Å². The summed E-state index contributed by atoms with van der Waals surface area (Å²) in [5.74, 6) is -2.56. The van der Waals surface area contributed by atoms with Crippen molar-refractivity contribution >= 4 is 33.9 Å². The molecular formula is C30H25N3O4. The third-order valence-corrected chi connectivity index (χ3v) is 6.53. The highest BCUT2D eigenvalue weighted by Crippen LogP contribution is 2.50. The molecule has 0 radical (unpaired) electrons. The molecule has 3 atom stereocenters. The summed E-state index contributed by atoms with van der Waals surface area (Å²) in [6.07, 6.45) is -0.760. The largest absolute Gasteiger partial charge is 0.457 e. The first kappa shape index (κ1) is 24.1. The van der Waals surface area contributed by atoms with E-state index in [1.165, 1.54) is 0 Å². The molecule has 1 aliphatic rings. The minimum absolute atomic E-state index is 0.0390. The van der Waals surface area contributed by atoms with Gasteiger partial charge in [0.05, 0.1) is 24.3 Å². The van der Waals surface area contributed by atoms with Crippen molar-refractivity contribution in [3.63, 3.8) is 0 Å². The Labute approximate surface area is 214 Å². The monoisotopic (exact) mass is 491 g/mol. The SMILES string of the molecule is CCOC(=O)C(=[N+]=[N-])C(=O)[C@@H]1[C@@H](c2ccccc2)ON(c2ccccc2)[C@H]1c1cccc2ccccc12. The molecule has 0 spiro atoms. The van der Waals surface area contributed by atoms with Crippen molar-refractivity contribution < 1.29 is 24.0 Å². The molecule has 7 nitrogen and oxygen atoms in total. The van der Waals surface area contributed by atoms with Gasteiger partial charge in [0.1, 0.15) is 6.10 Å². The molecule has 184 valence electrons. The third-order valence-electron chi connectivity index (χ3n) is 6.53. The van der Waals surface area contributed by atoms with Crippen LogP contribution in [0, 0.1) is 5.92 Å². The molecule has 0 N–H and O–H groups in total. The Kier molecular flexibility index (Phi) is 6.90. The number of ether oxygens (including phenoxy) is 1. The summed E-state index contributed by atoms with van der Waals surface area (Å²) in [7, 11) is 0. The van der Waals surface area contributed by atoms with E-state index in [2.05, 4.69) is 4.79 Å². The van der Waals surface area contributed by atoms with Gasteiger partial charge in [-0.3, -0.25) is 9.63 Å². The zero-order valence-corrected chi connectivity index (χ0v) is 20.2. The number of nitrogens with zero attached hydrogens (tertiary/aromatic N) is 3. The third kappa shape index (κ3) is 4.54. The number of benzene rings is 4. The average molecular weight is 492 g/mol. The second kappa shape index (κ2) is 10.6. The summed E-state index contributed by atoms with van der Waals surface area (Å²) in [5.41, 5.74) is 11.4. The first-order chi connectivity index (χ1) is 18.1. The summed E-state index contributed by atoms with van der Waals surface area (Å²) >= 11 is 0. The Morgan fingerprint density at radius 1 is 0.892 bits per heavy atom. The van der Waals surface area contributed by atoms with E-state index in [1.54, 1.807) is 12.0 Å². The molecule has 1 fully saturated rings. The van der Waals surface area contributed by atoms with Gasteiger partial charge in [0, 0.05) is 0 Å². The highest BCUT2D eigenvalue weighted by molar-refractivity contribution is 6.62. The Morgan fingerprint density at radius 2 is 1.54 bits per heavy atom. The molecule has 37 heavy (non-hydrogen) atoms. The predicted molar refractivity (Wildman–Crippen MR) is 140 cm³/mol. The van der Waals surface area contributed by atoms with Crippen LogP contribution in [0.25, 0.3) is 16.3 Å². The van der Waals surface area contributed by atoms with Gasteiger partial charge in [-0.2, -0.15) is 4.79 Å². The van der Waals surface area contributed by atoms with Gasteiger partial charge in [-0.25, -0.2) is 9.86 Å². The second-order valence-corrected chi connectivity index (χ2v) is 8.67. The maximum Gasteiger partial charge on any atom is 0.441 e. The van der Waals surface area contributed by atoms with Crippen molar-refractivity contribution in [2.75, 3.05) is 11.7 Å². The molecule has 0 saturated carbocycles. The molecule has 1 aliphatic heterocycles. The summed E-state index contributed by atoms with van der Waals surface area (Å²) in [6, 6.07) is 32.0. The van der Waals surface area contributed by atoms with Gasteiger partial charge in [-0.1, -0.05) is 91.0 Å². The van der Waals surface area contributed by atoms with Gasteiger partial charge in [0.2, 0.25) is 0 Å². The summed E-state index contributed by atoms with van der Waals surface area (Å²) in [6.45, 7) is 1.66. The number of anilines is 1. The van der Waals surface area contributed by atoms with Crippen LogP contribution in [0.1, 0.15) is 30.2 Å². The normalized spacial score (nSPS) is 18.8. The van der Waals surface area contributed by atoms with Gasteiger partial charge in [0.15, 0.2) is 0 Å². The number of para-hydroxylation sites is 1. The molecule has 0 aromatic heterocycles. The summed E-state index contributed by atoms with van der Waals surface area (Å²) in [4.78, 5) is 36.3. The van der Waals surface area contributed by atoms with Crippen molar-refractivity contribution in [2.45, 2.75) is 19.1 Å². The fourth-order valence-corrected chi connectivity index (χ4v) is 4.93.